The quantitative estimate of drug-likeness (QED) is 0.750. The van der Waals surface area contributed by atoms with E-state index in [1.54, 1.807) is 0 Å². The lowest BCUT2D eigenvalue weighted by atomic mass is 9.77. The zero-order chi connectivity index (χ0) is 14.0. The Balaban J connectivity index is 2.78. The maximum absolute atomic E-state index is 12.7. The molecule has 3 heteroatoms. The van der Waals surface area contributed by atoms with E-state index in [1.165, 1.54) is 12.8 Å². The summed E-state index contributed by atoms with van der Waals surface area (Å²) in [6.45, 7) is 10.3. The van der Waals surface area contributed by atoms with Gasteiger partial charge in [-0.1, -0.05) is 26.7 Å². The molecular formula is C15H28ClNO. The van der Waals surface area contributed by atoms with Crippen LogP contribution in [0.3, 0.4) is 0 Å². The first kappa shape index (κ1) is 15.8. The third-order valence-electron chi connectivity index (χ3n) is 4.27. The molecule has 2 nitrogen and oxygen atoms in total. The summed E-state index contributed by atoms with van der Waals surface area (Å²) in [5.41, 5.74) is -0.484. The number of hydrogen-bond donors (Lipinski definition) is 1. The summed E-state index contributed by atoms with van der Waals surface area (Å²) in [6.07, 6.45) is 5.41. The number of halogens is 1. The van der Waals surface area contributed by atoms with Crippen molar-refractivity contribution >= 4 is 17.5 Å². The van der Waals surface area contributed by atoms with E-state index in [4.69, 9.17) is 11.6 Å². The van der Waals surface area contributed by atoms with Crippen molar-refractivity contribution < 1.29 is 4.79 Å². The first-order chi connectivity index (χ1) is 8.19. The number of alkyl halides is 1. The van der Waals surface area contributed by atoms with Gasteiger partial charge < -0.3 is 5.32 Å². The highest BCUT2D eigenvalue weighted by Gasteiger charge is 2.43. The Morgan fingerprint density at radius 1 is 1.28 bits per heavy atom. The lowest BCUT2D eigenvalue weighted by Crippen LogP contribution is -2.54. The minimum absolute atomic E-state index is 0.0704. The summed E-state index contributed by atoms with van der Waals surface area (Å²) in [4.78, 5) is 12.7. The summed E-state index contributed by atoms with van der Waals surface area (Å²) in [5, 5.41) is 3.10. The van der Waals surface area contributed by atoms with Gasteiger partial charge in [-0.2, -0.15) is 0 Å². The second-order valence-corrected chi connectivity index (χ2v) is 7.53. The van der Waals surface area contributed by atoms with Crippen LogP contribution in [-0.4, -0.2) is 16.8 Å². The van der Waals surface area contributed by atoms with Gasteiger partial charge in [0.05, 0.1) is 10.9 Å². The Kier molecular flexibility index (Phi) is 5.11. The van der Waals surface area contributed by atoms with Gasteiger partial charge in [0.1, 0.15) is 0 Å². The van der Waals surface area contributed by atoms with Crippen LogP contribution < -0.4 is 5.32 Å². The maximum atomic E-state index is 12.7. The van der Waals surface area contributed by atoms with Gasteiger partial charge in [-0.25, -0.2) is 0 Å². The monoisotopic (exact) mass is 273 g/mol. The molecule has 1 N–H and O–H groups in total. The molecule has 18 heavy (non-hydrogen) atoms. The van der Waals surface area contributed by atoms with E-state index in [9.17, 15) is 4.79 Å². The molecule has 0 saturated heterocycles. The minimum Gasteiger partial charge on any atom is -0.349 e. The van der Waals surface area contributed by atoms with Crippen molar-refractivity contribution in [2.75, 3.05) is 0 Å². The van der Waals surface area contributed by atoms with E-state index in [-0.39, 0.29) is 22.2 Å². The van der Waals surface area contributed by atoms with Crippen LogP contribution in [0.5, 0.6) is 0 Å². The SMILES string of the molecule is CC(C)CC1(C(=O)NC(C)(C)C(C)Cl)CCCC1. The average molecular weight is 274 g/mol. The van der Waals surface area contributed by atoms with Crippen LogP contribution in [0.4, 0.5) is 0 Å². The summed E-state index contributed by atoms with van der Waals surface area (Å²) in [5.74, 6) is 0.775. The predicted molar refractivity (Wildman–Crippen MR) is 77.9 cm³/mol. The van der Waals surface area contributed by atoms with Gasteiger partial charge in [0.15, 0.2) is 0 Å². The largest absolute Gasteiger partial charge is 0.349 e. The second kappa shape index (κ2) is 5.81. The van der Waals surface area contributed by atoms with E-state index in [2.05, 4.69) is 19.2 Å². The molecule has 0 aromatic rings. The van der Waals surface area contributed by atoms with Crippen molar-refractivity contribution in [2.24, 2.45) is 11.3 Å². The molecule has 0 bridgehead atoms. The normalized spacial score (nSPS) is 21.1. The molecule has 1 aliphatic rings. The Labute approximate surface area is 117 Å². The van der Waals surface area contributed by atoms with Crippen molar-refractivity contribution in [1.82, 2.24) is 5.32 Å². The highest BCUT2D eigenvalue weighted by molar-refractivity contribution is 6.21. The fraction of sp³-hybridized carbons (Fsp3) is 0.933. The van der Waals surface area contributed by atoms with Crippen LogP contribution in [0.15, 0.2) is 0 Å². The Morgan fingerprint density at radius 3 is 2.17 bits per heavy atom. The number of nitrogens with one attached hydrogen (secondary N) is 1. The van der Waals surface area contributed by atoms with E-state index >= 15 is 0 Å². The standard InChI is InChI=1S/C15H28ClNO/c1-11(2)10-15(8-6-7-9-15)13(18)17-14(4,5)12(3)16/h11-12H,6-10H2,1-5H3,(H,17,18). The van der Waals surface area contributed by atoms with Gasteiger partial charge in [-0.3, -0.25) is 4.79 Å². The molecule has 0 spiro atoms. The van der Waals surface area contributed by atoms with Gasteiger partial charge in [0.25, 0.3) is 0 Å². The van der Waals surface area contributed by atoms with Crippen LogP contribution in [0.1, 0.15) is 66.7 Å². The number of hydrogen-bond acceptors (Lipinski definition) is 1. The summed E-state index contributed by atoms with van der Waals surface area (Å²) >= 11 is 6.16. The van der Waals surface area contributed by atoms with E-state index in [0.717, 1.165) is 19.3 Å². The van der Waals surface area contributed by atoms with Crippen molar-refractivity contribution in [3.63, 3.8) is 0 Å². The van der Waals surface area contributed by atoms with Gasteiger partial charge in [0.2, 0.25) is 5.91 Å². The molecule has 1 aliphatic carbocycles. The second-order valence-electron chi connectivity index (χ2n) is 6.88. The fourth-order valence-corrected chi connectivity index (χ4v) is 2.94. The zero-order valence-electron chi connectivity index (χ0n) is 12.5. The Bertz CT molecular complexity index is 291. The number of amides is 1. The van der Waals surface area contributed by atoms with Gasteiger partial charge in [-0.05, 0) is 46.0 Å². The molecule has 0 aromatic carbocycles. The molecule has 0 heterocycles. The van der Waals surface area contributed by atoms with Crippen molar-refractivity contribution in [2.45, 2.75) is 77.6 Å². The average Bonchev–Trinajstić information content (AvgIpc) is 2.65. The fourth-order valence-electron chi connectivity index (χ4n) is 2.88. The molecule has 0 radical (unpaired) electrons. The molecule has 1 saturated carbocycles. The van der Waals surface area contributed by atoms with Crippen LogP contribution in [-0.2, 0) is 4.79 Å². The topological polar surface area (TPSA) is 29.1 Å². The zero-order valence-corrected chi connectivity index (χ0v) is 13.2. The first-order valence-electron chi connectivity index (χ1n) is 7.16. The summed E-state index contributed by atoms with van der Waals surface area (Å²) in [6, 6.07) is 0. The van der Waals surface area contributed by atoms with Gasteiger partial charge >= 0.3 is 0 Å². The highest BCUT2D eigenvalue weighted by Crippen LogP contribution is 2.43. The Morgan fingerprint density at radius 2 is 1.78 bits per heavy atom. The van der Waals surface area contributed by atoms with Crippen LogP contribution >= 0.6 is 11.6 Å². The molecule has 0 aromatic heterocycles. The number of rotatable bonds is 5. The Hall–Kier alpha value is -0.240. The lowest BCUT2D eigenvalue weighted by molar-refractivity contribution is -0.133. The molecule has 1 amide bonds. The molecule has 0 aliphatic heterocycles. The third-order valence-corrected chi connectivity index (χ3v) is 4.82. The molecule has 106 valence electrons. The molecular weight excluding hydrogens is 246 g/mol. The molecule has 1 atom stereocenters. The summed E-state index contributed by atoms with van der Waals surface area (Å²) < 4.78 is 0. The highest BCUT2D eigenvalue weighted by atomic mass is 35.5. The molecule has 1 unspecified atom stereocenters. The molecule has 1 fully saturated rings. The smallest absolute Gasteiger partial charge is 0.226 e. The van der Waals surface area contributed by atoms with E-state index in [1.807, 2.05) is 20.8 Å². The lowest BCUT2D eigenvalue weighted by Gasteiger charge is -2.36. The molecule has 1 rings (SSSR count). The predicted octanol–water partition coefficient (Wildman–Crippen LogP) is 4.12. The van der Waals surface area contributed by atoms with Gasteiger partial charge in [-0.15, -0.1) is 11.6 Å². The van der Waals surface area contributed by atoms with Crippen LogP contribution in [0.25, 0.3) is 0 Å². The van der Waals surface area contributed by atoms with Crippen molar-refractivity contribution in [1.29, 1.82) is 0 Å². The third kappa shape index (κ3) is 3.63. The first-order valence-corrected chi connectivity index (χ1v) is 7.60. The summed E-state index contributed by atoms with van der Waals surface area (Å²) in [7, 11) is 0. The number of carbonyl (C=O) groups is 1. The van der Waals surface area contributed by atoms with Gasteiger partial charge in [0, 0.05) is 5.41 Å². The van der Waals surface area contributed by atoms with E-state index < -0.39 is 0 Å². The van der Waals surface area contributed by atoms with Crippen molar-refractivity contribution in [3.05, 3.63) is 0 Å². The van der Waals surface area contributed by atoms with Crippen LogP contribution in [0.2, 0.25) is 0 Å². The van der Waals surface area contributed by atoms with Crippen LogP contribution in [0, 0.1) is 11.3 Å². The minimum atomic E-state index is -0.342. The van der Waals surface area contributed by atoms with Crippen molar-refractivity contribution in [3.8, 4) is 0 Å². The maximum Gasteiger partial charge on any atom is 0.226 e. The van der Waals surface area contributed by atoms with E-state index in [0.29, 0.717) is 5.92 Å². The number of carbonyl (C=O) groups excluding carboxylic acids is 1.